The molecule has 7 nitrogen and oxygen atoms in total. The second-order valence-corrected chi connectivity index (χ2v) is 7.96. The van der Waals surface area contributed by atoms with Crippen LogP contribution in [0.15, 0.2) is 73.8 Å². The highest BCUT2D eigenvalue weighted by Crippen LogP contribution is 2.30. The van der Waals surface area contributed by atoms with Gasteiger partial charge in [-0.1, -0.05) is 35.9 Å². The zero-order chi connectivity index (χ0) is 24.5. The highest BCUT2D eigenvalue weighted by molar-refractivity contribution is 6.30. The Kier molecular flexibility index (Phi) is 9.53. The molecule has 2 aromatic carbocycles. The van der Waals surface area contributed by atoms with E-state index in [1.165, 1.54) is 7.11 Å². The number of carbonyl (C=O) groups excluding carboxylic acids is 1. The van der Waals surface area contributed by atoms with Gasteiger partial charge < -0.3 is 28.4 Å². The maximum atomic E-state index is 12.7. The summed E-state index contributed by atoms with van der Waals surface area (Å²) in [5, 5.41) is 0.618. The van der Waals surface area contributed by atoms with Crippen molar-refractivity contribution in [1.29, 1.82) is 0 Å². The molecule has 8 heteroatoms. The summed E-state index contributed by atoms with van der Waals surface area (Å²) in [5.41, 5.74) is 0.812. The van der Waals surface area contributed by atoms with Crippen LogP contribution in [0.5, 0.6) is 11.5 Å². The lowest BCUT2D eigenvalue weighted by Crippen LogP contribution is -2.49. The number of hydrogen-bond donors (Lipinski definition) is 0. The standard InChI is InChI=1S/C26H29ClO7/c1-5-7-22(32-20-14-12-19(29-3)13-15-20)24(25(28)30-4)33-23-16-31-26(34-21(23)6-2)17-8-10-18(27)11-9-17/h5-6,8-15,21-24,26H,1-2,7,16H2,3-4H3/t21-,22+,23+,24+,26+/m0/s1. The zero-order valence-corrected chi connectivity index (χ0v) is 20.0. The van der Waals surface area contributed by atoms with E-state index in [4.69, 9.17) is 40.0 Å². The summed E-state index contributed by atoms with van der Waals surface area (Å²) in [7, 11) is 2.88. The summed E-state index contributed by atoms with van der Waals surface area (Å²) >= 11 is 5.97. The Labute approximate surface area is 204 Å². The average molecular weight is 489 g/mol. The smallest absolute Gasteiger partial charge is 0.338 e. The zero-order valence-electron chi connectivity index (χ0n) is 19.2. The van der Waals surface area contributed by atoms with Gasteiger partial charge in [-0.15, -0.1) is 13.2 Å². The van der Waals surface area contributed by atoms with E-state index in [1.54, 1.807) is 55.7 Å². The highest BCUT2D eigenvalue weighted by Gasteiger charge is 2.39. The first kappa shape index (κ1) is 25.8. The topological polar surface area (TPSA) is 72.5 Å². The molecule has 1 aliphatic rings. The number of hydrogen-bond acceptors (Lipinski definition) is 7. The summed E-state index contributed by atoms with van der Waals surface area (Å²) in [6, 6.07) is 14.2. The van der Waals surface area contributed by atoms with Crippen molar-refractivity contribution in [3.05, 3.63) is 84.4 Å². The quantitative estimate of drug-likeness (QED) is 0.329. The van der Waals surface area contributed by atoms with Crippen molar-refractivity contribution in [3.8, 4) is 11.5 Å². The molecule has 1 aliphatic heterocycles. The maximum Gasteiger partial charge on any atom is 0.338 e. The number of rotatable bonds is 11. The molecule has 34 heavy (non-hydrogen) atoms. The molecule has 1 saturated heterocycles. The van der Waals surface area contributed by atoms with Crippen molar-refractivity contribution in [1.82, 2.24) is 0 Å². The Bertz CT molecular complexity index is 945. The van der Waals surface area contributed by atoms with Gasteiger partial charge in [-0.05, 0) is 36.4 Å². The highest BCUT2D eigenvalue weighted by atomic mass is 35.5. The van der Waals surface area contributed by atoms with E-state index < -0.39 is 36.7 Å². The van der Waals surface area contributed by atoms with Crippen molar-refractivity contribution in [2.45, 2.75) is 37.1 Å². The van der Waals surface area contributed by atoms with E-state index in [2.05, 4.69) is 13.2 Å². The maximum absolute atomic E-state index is 12.7. The summed E-state index contributed by atoms with van der Waals surface area (Å²) in [5.74, 6) is 0.654. The van der Waals surface area contributed by atoms with Crippen molar-refractivity contribution in [3.63, 3.8) is 0 Å². The molecule has 0 unspecified atom stereocenters. The lowest BCUT2D eigenvalue weighted by molar-refractivity contribution is -0.264. The third-order valence-electron chi connectivity index (χ3n) is 5.27. The fraction of sp³-hybridized carbons (Fsp3) is 0.346. The van der Waals surface area contributed by atoms with Crippen molar-refractivity contribution < 1.29 is 33.2 Å². The van der Waals surface area contributed by atoms with E-state index in [0.717, 1.165) is 5.56 Å². The minimum atomic E-state index is -1.06. The lowest BCUT2D eigenvalue weighted by Gasteiger charge is -2.37. The van der Waals surface area contributed by atoms with Crippen LogP contribution in [0, 0.1) is 0 Å². The van der Waals surface area contributed by atoms with Crippen LogP contribution in [0.4, 0.5) is 0 Å². The minimum Gasteiger partial charge on any atom is -0.497 e. The molecule has 5 atom stereocenters. The molecule has 0 aliphatic carbocycles. The third-order valence-corrected chi connectivity index (χ3v) is 5.52. The first-order valence-electron chi connectivity index (χ1n) is 10.8. The van der Waals surface area contributed by atoms with Gasteiger partial charge in [-0.2, -0.15) is 0 Å². The van der Waals surface area contributed by atoms with Gasteiger partial charge in [0.15, 0.2) is 12.4 Å². The summed E-state index contributed by atoms with van der Waals surface area (Å²) in [6.45, 7) is 7.81. The first-order valence-corrected chi connectivity index (χ1v) is 11.2. The van der Waals surface area contributed by atoms with Crippen LogP contribution in [0.3, 0.4) is 0 Å². The molecule has 0 bridgehead atoms. The number of methoxy groups -OCH3 is 2. The lowest BCUT2D eigenvalue weighted by atomic mass is 10.1. The molecule has 0 radical (unpaired) electrons. The van der Waals surface area contributed by atoms with Crippen molar-refractivity contribution >= 4 is 17.6 Å². The predicted octanol–water partition coefficient (Wildman–Crippen LogP) is 4.90. The van der Waals surface area contributed by atoms with Gasteiger partial charge in [-0.3, -0.25) is 0 Å². The average Bonchev–Trinajstić information content (AvgIpc) is 2.87. The Morgan fingerprint density at radius 3 is 2.38 bits per heavy atom. The second kappa shape index (κ2) is 12.6. The molecule has 0 amide bonds. The summed E-state index contributed by atoms with van der Waals surface area (Å²) in [4.78, 5) is 12.7. The Balaban J connectivity index is 1.75. The normalized spacial score (nSPS) is 21.7. The van der Waals surface area contributed by atoms with E-state index in [9.17, 15) is 4.79 Å². The number of carbonyl (C=O) groups is 1. The molecular weight excluding hydrogens is 460 g/mol. The summed E-state index contributed by atoms with van der Waals surface area (Å²) < 4.78 is 34.4. The minimum absolute atomic E-state index is 0.167. The fourth-order valence-electron chi connectivity index (χ4n) is 3.49. The fourth-order valence-corrected chi connectivity index (χ4v) is 3.62. The van der Waals surface area contributed by atoms with Crippen LogP contribution in [0.2, 0.25) is 5.02 Å². The number of esters is 1. The SMILES string of the molecule is C=CC[C@@H](Oc1ccc(OC)cc1)[C@@H](O[C@@H]1CO[C@@H](c2ccc(Cl)cc2)O[C@H]1C=C)C(=O)OC. The molecule has 3 rings (SSSR count). The van der Waals surface area contributed by atoms with Crippen LogP contribution in [-0.2, 0) is 23.7 Å². The number of ether oxygens (including phenoxy) is 6. The number of halogens is 1. The molecule has 0 aromatic heterocycles. The van der Waals surface area contributed by atoms with Gasteiger partial charge in [0.25, 0.3) is 0 Å². The Morgan fingerprint density at radius 2 is 1.79 bits per heavy atom. The van der Waals surface area contributed by atoms with E-state index in [-0.39, 0.29) is 6.61 Å². The van der Waals surface area contributed by atoms with Gasteiger partial charge in [0.2, 0.25) is 0 Å². The first-order chi connectivity index (χ1) is 16.5. The van der Waals surface area contributed by atoms with E-state index in [1.807, 2.05) is 12.1 Å². The second-order valence-electron chi connectivity index (χ2n) is 7.53. The van der Waals surface area contributed by atoms with Gasteiger partial charge in [0, 0.05) is 17.0 Å². The molecule has 2 aromatic rings. The van der Waals surface area contributed by atoms with Gasteiger partial charge in [0.1, 0.15) is 29.8 Å². The monoisotopic (exact) mass is 488 g/mol. The van der Waals surface area contributed by atoms with E-state index in [0.29, 0.717) is 22.9 Å². The van der Waals surface area contributed by atoms with Crippen LogP contribution >= 0.6 is 11.6 Å². The van der Waals surface area contributed by atoms with Crippen molar-refractivity contribution in [2.24, 2.45) is 0 Å². The van der Waals surface area contributed by atoms with Gasteiger partial charge in [-0.25, -0.2) is 4.79 Å². The Morgan fingerprint density at radius 1 is 1.12 bits per heavy atom. The van der Waals surface area contributed by atoms with Crippen molar-refractivity contribution in [2.75, 3.05) is 20.8 Å². The van der Waals surface area contributed by atoms with Crippen LogP contribution in [-0.4, -0.2) is 51.2 Å². The number of benzene rings is 2. The van der Waals surface area contributed by atoms with E-state index >= 15 is 0 Å². The Hall–Kier alpha value is -2.84. The molecule has 1 fully saturated rings. The largest absolute Gasteiger partial charge is 0.497 e. The summed E-state index contributed by atoms with van der Waals surface area (Å²) in [6.07, 6.45) is 0.0989. The predicted molar refractivity (Wildman–Crippen MR) is 128 cm³/mol. The van der Waals surface area contributed by atoms with Crippen LogP contribution in [0.1, 0.15) is 18.3 Å². The van der Waals surface area contributed by atoms with Crippen LogP contribution < -0.4 is 9.47 Å². The third kappa shape index (κ3) is 6.61. The molecule has 182 valence electrons. The molecule has 0 spiro atoms. The van der Waals surface area contributed by atoms with Gasteiger partial charge in [0.05, 0.1) is 20.8 Å². The molecular formula is C26H29ClO7. The molecule has 0 N–H and O–H groups in total. The van der Waals surface area contributed by atoms with Gasteiger partial charge >= 0.3 is 5.97 Å². The molecule has 0 saturated carbocycles. The van der Waals surface area contributed by atoms with Crippen LogP contribution in [0.25, 0.3) is 0 Å². The molecule has 1 heterocycles.